The third kappa shape index (κ3) is 3.07. The second-order valence-electron chi connectivity index (χ2n) is 5.12. The highest BCUT2D eigenvalue weighted by Crippen LogP contribution is 2.17. The molecule has 0 atom stereocenters. The van der Waals surface area contributed by atoms with Gasteiger partial charge in [0, 0.05) is 24.8 Å². The molecule has 1 N–H and O–H groups in total. The van der Waals surface area contributed by atoms with Crippen molar-refractivity contribution in [3.63, 3.8) is 0 Å². The number of aliphatic carboxylic acids is 1. The topological polar surface area (TPSA) is 79.6 Å². The molecule has 6 heteroatoms. The molecule has 108 valence electrons. The van der Waals surface area contributed by atoms with Gasteiger partial charge in [0.25, 0.3) is 5.56 Å². The highest BCUT2D eigenvalue weighted by molar-refractivity contribution is 5.77. The zero-order chi connectivity index (χ0) is 14.7. The molecule has 1 aromatic heterocycles. The van der Waals surface area contributed by atoms with Crippen LogP contribution in [0.1, 0.15) is 18.4 Å². The summed E-state index contributed by atoms with van der Waals surface area (Å²) in [5.74, 6) is -1.30. The van der Waals surface area contributed by atoms with Crippen LogP contribution in [0.25, 0.3) is 0 Å². The number of carbonyl (C=O) groups is 2. The molecule has 0 radical (unpaired) electrons. The lowest BCUT2D eigenvalue weighted by molar-refractivity contribution is -0.145. The van der Waals surface area contributed by atoms with Crippen LogP contribution in [-0.2, 0) is 16.1 Å². The monoisotopic (exact) mass is 278 g/mol. The normalized spacial score (nSPS) is 16.1. The van der Waals surface area contributed by atoms with Crippen LogP contribution >= 0.6 is 0 Å². The van der Waals surface area contributed by atoms with Gasteiger partial charge in [0.1, 0.15) is 6.54 Å². The summed E-state index contributed by atoms with van der Waals surface area (Å²) in [6.07, 6.45) is 2.55. The van der Waals surface area contributed by atoms with Crippen molar-refractivity contribution < 1.29 is 14.7 Å². The van der Waals surface area contributed by atoms with E-state index in [1.165, 1.54) is 4.57 Å². The van der Waals surface area contributed by atoms with Gasteiger partial charge in [0.2, 0.25) is 5.91 Å². The Morgan fingerprint density at radius 3 is 2.60 bits per heavy atom. The number of hydrogen-bond donors (Lipinski definition) is 1. The van der Waals surface area contributed by atoms with E-state index in [1.54, 1.807) is 30.2 Å². The fourth-order valence-corrected chi connectivity index (χ4v) is 2.40. The van der Waals surface area contributed by atoms with Gasteiger partial charge < -0.3 is 14.6 Å². The molecule has 0 bridgehead atoms. The molecule has 0 aromatic carbocycles. The standard InChI is InChI=1S/C14H18N2O4/c1-10-3-2-6-16(13(10)18)9-12(17)15-7-4-11(5-8-15)14(19)20/h2-3,6,11H,4-5,7-9H2,1H3,(H,19,20). The van der Waals surface area contributed by atoms with Crippen molar-refractivity contribution in [2.75, 3.05) is 13.1 Å². The number of carboxylic acid groups (broad SMARTS) is 1. The van der Waals surface area contributed by atoms with E-state index >= 15 is 0 Å². The van der Waals surface area contributed by atoms with Gasteiger partial charge in [-0.05, 0) is 25.8 Å². The summed E-state index contributed by atoms with van der Waals surface area (Å²) in [5.41, 5.74) is 0.436. The first-order valence-corrected chi connectivity index (χ1v) is 6.65. The number of nitrogens with zero attached hydrogens (tertiary/aromatic N) is 2. The zero-order valence-electron chi connectivity index (χ0n) is 11.4. The second kappa shape index (κ2) is 5.90. The Morgan fingerprint density at radius 1 is 1.35 bits per heavy atom. The molecule has 1 amide bonds. The van der Waals surface area contributed by atoms with E-state index in [4.69, 9.17) is 5.11 Å². The van der Waals surface area contributed by atoms with Crippen LogP contribution in [0, 0.1) is 12.8 Å². The van der Waals surface area contributed by atoms with E-state index in [0.29, 0.717) is 31.5 Å². The maximum atomic E-state index is 12.1. The summed E-state index contributed by atoms with van der Waals surface area (Å²) in [6.45, 7) is 2.60. The zero-order valence-corrected chi connectivity index (χ0v) is 11.4. The lowest BCUT2D eigenvalue weighted by Crippen LogP contribution is -2.42. The molecule has 1 aromatic rings. The summed E-state index contributed by atoms with van der Waals surface area (Å²) in [6, 6.07) is 3.45. The molecule has 1 fully saturated rings. The molecule has 6 nitrogen and oxygen atoms in total. The van der Waals surface area contributed by atoms with Crippen molar-refractivity contribution in [2.24, 2.45) is 5.92 Å². The summed E-state index contributed by atoms with van der Waals surface area (Å²) in [5, 5.41) is 8.92. The fourth-order valence-electron chi connectivity index (χ4n) is 2.40. The van der Waals surface area contributed by atoms with Gasteiger partial charge in [-0.2, -0.15) is 0 Å². The summed E-state index contributed by atoms with van der Waals surface area (Å²) in [7, 11) is 0. The van der Waals surface area contributed by atoms with Crippen LogP contribution in [0.4, 0.5) is 0 Å². The van der Waals surface area contributed by atoms with Crippen LogP contribution < -0.4 is 5.56 Å². The predicted octanol–water partition coefficient (Wildman–Crippen LogP) is 0.480. The van der Waals surface area contributed by atoms with Gasteiger partial charge in [-0.3, -0.25) is 14.4 Å². The van der Waals surface area contributed by atoms with Crippen molar-refractivity contribution in [3.05, 3.63) is 34.2 Å². The van der Waals surface area contributed by atoms with Crippen LogP contribution in [0.2, 0.25) is 0 Å². The number of likely N-dealkylation sites (tertiary alicyclic amines) is 1. The number of carbonyl (C=O) groups excluding carboxylic acids is 1. The molecule has 2 heterocycles. The minimum Gasteiger partial charge on any atom is -0.481 e. The molecule has 20 heavy (non-hydrogen) atoms. The van der Waals surface area contributed by atoms with Crippen LogP contribution in [-0.4, -0.2) is 39.5 Å². The highest BCUT2D eigenvalue weighted by atomic mass is 16.4. The minimum absolute atomic E-state index is 0.0122. The number of carboxylic acids is 1. The largest absolute Gasteiger partial charge is 0.481 e. The van der Waals surface area contributed by atoms with Crippen molar-refractivity contribution >= 4 is 11.9 Å². The first-order valence-electron chi connectivity index (χ1n) is 6.65. The van der Waals surface area contributed by atoms with Gasteiger partial charge in [0.05, 0.1) is 5.92 Å². The molecular formula is C14H18N2O4. The number of aryl methyl sites for hydroxylation is 1. The van der Waals surface area contributed by atoms with Gasteiger partial charge in [0.15, 0.2) is 0 Å². The van der Waals surface area contributed by atoms with Crippen molar-refractivity contribution in [1.82, 2.24) is 9.47 Å². The predicted molar refractivity (Wildman–Crippen MR) is 72.4 cm³/mol. The molecule has 0 spiro atoms. The SMILES string of the molecule is Cc1cccn(CC(=O)N2CCC(C(=O)O)CC2)c1=O. The Morgan fingerprint density at radius 2 is 2.00 bits per heavy atom. The van der Waals surface area contributed by atoms with Gasteiger partial charge in [-0.15, -0.1) is 0 Å². The van der Waals surface area contributed by atoms with Gasteiger partial charge >= 0.3 is 5.97 Å². The smallest absolute Gasteiger partial charge is 0.306 e. The lowest BCUT2D eigenvalue weighted by atomic mass is 9.97. The Kier molecular flexibility index (Phi) is 4.22. The maximum absolute atomic E-state index is 12.1. The van der Waals surface area contributed by atoms with E-state index in [-0.39, 0.29) is 23.9 Å². The minimum atomic E-state index is -0.799. The molecule has 1 aliphatic heterocycles. The molecule has 1 aliphatic rings. The van der Waals surface area contributed by atoms with E-state index < -0.39 is 5.97 Å². The van der Waals surface area contributed by atoms with Gasteiger partial charge in [-0.25, -0.2) is 0 Å². The van der Waals surface area contributed by atoms with Crippen molar-refractivity contribution in [2.45, 2.75) is 26.3 Å². The summed E-state index contributed by atoms with van der Waals surface area (Å²) >= 11 is 0. The van der Waals surface area contributed by atoms with E-state index in [0.717, 1.165) is 0 Å². The molecule has 0 aliphatic carbocycles. The average Bonchev–Trinajstić information content (AvgIpc) is 2.44. The fraction of sp³-hybridized carbons (Fsp3) is 0.500. The average molecular weight is 278 g/mol. The Balaban J connectivity index is 1.98. The molecule has 0 saturated carbocycles. The van der Waals surface area contributed by atoms with E-state index in [2.05, 4.69) is 0 Å². The molecule has 1 saturated heterocycles. The third-order valence-corrected chi connectivity index (χ3v) is 3.71. The first-order chi connectivity index (χ1) is 9.49. The Bertz CT molecular complexity index is 571. The summed E-state index contributed by atoms with van der Waals surface area (Å²) in [4.78, 5) is 36.5. The maximum Gasteiger partial charge on any atom is 0.306 e. The number of hydrogen-bond acceptors (Lipinski definition) is 3. The summed E-state index contributed by atoms with van der Waals surface area (Å²) < 4.78 is 1.39. The Hall–Kier alpha value is -2.11. The number of rotatable bonds is 3. The van der Waals surface area contributed by atoms with Crippen LogP contribution in [0.15, 0.2) is 23.1 Å². The first kappa shape index (κ1) is 14.3. The van der Waals surface area contributed by atoms with E-state index in [9.17, 15) is 14.4 Å². The van der Waals surface area contributed by atoms with Crippen molar-refractivity contribution in [1.29, 1.82) is 0 Å². The lowest BCUT2D eigenvalue weighted by Gasteiger charge is -2.30. The van der Waals surface area contributed by atoms with Crippen molar-refractivity contribution in [3.8, 4) is 0 Å². The Labute approximate surface area is 116 Å². The number of pyridine rings is 1. The quantitative estimate of drug-likeness (QED) is 0.872. The molecule has 2 rings (SSSR count). The third-order valence-electron chi connectivity index (χ3n) is 3.71. The molecule has 0 unspecified atom stereocenters. The van der Waals surface area contributed by atoms with Crippen LogP contribution in [0.5, 0.6) is 0 Å². The highest BCUT2D eigenvalue weighted by Gasteiger charge is 2.26. The van der Waals surface area contributed by atoms with E-state index in [1.807, 2.05) is 0 Å². The van der Waals surface area contributed by atoms with Crippen LogP contribution in [0.3, 0.4) is 0 Å². The molecular weight excluding hydrogens is 260 g/mol. The number of aromatic nitrogens is 1. The number of piperidine rings is 1. The second-order valence-corrected chi connectivity index (χ2v) is 5.12. The van der Waals surface area contributed by atoms with Gasteiger partial charge in [-0.1, -0.05) is 6.07 Å². The number of amides is 1.